The number of carbonyl (C=O) groups excluding carboxylic acids is 1. The van der Waals surface area contributed by atoms with E-state index >= 15 is 0 Å². The zero-order valence-corrected chi connectivity index (χ0v) is 17.4. The molecule has 0 atom stereocenters. The van der Waals surface area contributed by atoms with Crippen molar-refractivity contribution >= 4 is 5.91 Å². The molecular weight excluding hydrogens is 376 g/mol. The molecule has 30 heavy (non-hydrogen) atoms. The van der Waals surface area contributed by atoms with Gasteiger partial charge in [-0.05, 0) is 35.9 Å². The molecule has 0 spiro atoms. The van der Waals surface area contributed by atoms with Gasteiger partial charge >= 0.3 is 0 Å². The van der Waals surface area contributed by atoms with E-state index in [2.05, 4.69) is 56.4 Å². The van der Waals surface area contributed by atoms with E-state index in [0.29, 0.717) is 17.9 Å². The molecule has 156 valence electrons. The first-order chi connectivity index (χ1) is 14.7. The quantitative estimate of drug-likeness (QED) is 0.655. The van der Waals surface area contributed by atoms with E-state index in [0.717, 1.165) is 44.8 Å². The predicted molar refractivity (Wildman–Crippen MR) is 116 cm³/mol. The number of nitrogens with zero attached hydrogens (tertiary/aromatic N) is 5. The van der Waals surface area contributed by atoms with Crippen molar-refractivity contribution in [3.63, 3.8) is 0 Å². The fraction of sp³-hybridized carbons (Fsp3) is 0.348. The summed E-state index contributed by atoms with van der Waals surface area (Å²) in [4.78, 5) is 21.7. The summed E-state index contributed by atoms with van der Waals surface area (Å²) >= 11 is 0. The van der Waals surface area contributed by atoms with Gasteiger partial charge in [-0.1, -0.05) is 31.2 Å². The number of pyridine rings is 1. The summed E-state index contributed by atoms with van der Waals surface area (Å²) in [5.41, 5.74) is 2.94. The number of hydrogen-bond donors (Lipinski definition) is 1. The molecule has 0 bridgehead atoms. The fourth-order valence-corrected chi connectivity index (χ4v) is 3.63. The van der Waals surface area contributed by atoms with Crippen LogP contribution in [0.15, 0.2) is 61.1 Å². The van der Waals surface area contributed by atoms with Gasteiger partial charge in [-0.3, -0.25) is 9.69 Å². The summed E-state index contributed by atoms with van der Waals surface area (Å²) in [6.07, 6.45) is 5.09. The van der Waals surface area contributed by atoms with Crippen LogP contribution < -0.4 is 5.32 Å². The highest BCUT2D eigenvalue weighted by Crippen LogP contribution is 2.11. The van der Waals surface area contributed by atoms with Crippen LogP contribution in [0.25, 0.3) is 5.82 Å². The topological polar surface area (TPSA) is 66.3 Å². The van der Waals surface area contributed by atoms with Crippen molar-refractivity contribution in [2.24, 2.45) is 0 Å². The third kappa shape index (κ3) is 5.11. The fourth-order valence-electron chi connectivity index (χ4n) is 3.63. The summed E-state index contributed by atoms with van der Waals surface area (Å²) in [6, 6.07) is 13.9. The lowest BCUT2D eigenvalue weighted by molar-refractivity contribution is 0.0950. The minimum Gasteiger partial charge on any atom is -0.348 e. The molecule has 1 amide bonds. The Kier molecular flexibility index (Phi) is 6.51. The molecule has 0 unspecified atom stereocenters. The lowest BCUT2D eigenvalue weighted by atomic mass is 10.1. The van der Waals surface area contributed by atoms with Gasteiger partial charge in [0.1, 0.15) is 0 Å². The molecule has 1 aliphatic heterocycles. The number of hydrogen-bond acceptors (Lipinski definition) is 5. The Balaban J connectivity index is 1.26. The molecule has 4 rings (SSSR count). The monoisotopic (exact) mass is 404 g/mol. The van der Waals surface area contributed by atoms with Gasteiger partial charge in [-0.15, -0.1) is 0 Å². The first kappa shape index (κ1) is 20.3. The van der Waals surface area contributed by atoms with Crippen LogP contribution in [0.5, 0.6) is 0 Å². The zero-order valence-electron chi connectivity index (χ0n) is 17.4. The van der Waals surface area contributed by atoms with Gasteiger partial charge in [0.15, 0.2) is 5.82 Å². The largest absolute Gasteiger partial charge is 0.348 e. The number of likely N-dealkylation sites (N-methyl/N-ethyl adjacent to an activating group) is 1. The Morgan fingerprint density at radius 2 is 1.73 bits per heavy atom. The molecule has 0 aliphatic carbocycles. The van der Waals surface area contributed by atoms with Crippen molar-refractivity contribution in [1.82, 2.24) is 29.9 Å². The van der Waals surface area contributed by atoms with Crippen LogP contribution in [0.3, 0.4) is 0 Å². The molecular formula is C23H28N6O. The normalized spacial score (nSPS) is 15.2. The van der Waals surface area contributed by atoms with E-state index in [1.165, 1.54) is 5.56 Å². The van der Waals surface area contributed by atoms with Gasteiger partial charge in [0.05, 0.1) is 5.56 Å². The molecule has 1 aromatic carbocycles. The molecule has 7 nitrogen and oxygen atoms in total. The van der Waals surface area contributed by atoms with Crippen LogP contribution >= 0.6 is 0 Å². The Hall–Kier alpha value is -3.03. The van der Waals surface area contributed by atoms with Crippen molar-refractivity contribution in [1.29, 1.82) is 0 Å². The molecule has 1 aliphatic rings. The second-order valence-corrected chi connectivity index (χ2v) is 7.57. The third-order valence-corrected chi connectivity index (χ3v) is 5.54. The second kappa shape index (κ2) is 9.65. The first-order valence-electron chi connectivity index (χ1n) is 10.5. The first-order valence-corrected chi connectivity index (χ1v) is 10.5. The molecule has 0 radical (unpaired) electrons. The van der Waals surface area contributed by atoms with Crippen molar-refractivity contribution < 1.29 is 4.79 Å². The summed E-state index contributed by atoms with van der Waals surface area (Å²) in [5, 5.41) is 7.10. The van der Waals surface area contributed by atoms with Crippen LogP contribution in [0.2, 0.25) is 0 Å². The zero-order chi connectivity index (χ0) is 20.8. The van der Waals surface area contributed by atoms with Crippen LogP contribution in [-0.2, 0) is 13.1 Å². The smallest absolute Gasteiger partial charge is 0.253 e. The summed E-state index contributed by atoms with van der Waals surface area (Å²) in [5.74, 6) is 0.552. The average Bonchev–Trinajstić information content (AvgIpc) is 3.34. The van der Waals surface area contributed by atoms with Gasteiger partial charge in [-0.2, -0.15) is 5.10 Å². The van der Waals surface area contributed by atoms with Crippen LogP contribution in [0.4, 0.5) is 0 Å². The highest BCUT2D eigenvalue weighted by atomic mass is 16.1. The maximum absolute atomic E-state index is 12.4. The minimum atomic E-state index is -0.132. The molecule has 3 aromatic rings. The van der Waals surface area contributed by atoms with E-state index in [9.17, 15) is 4.79 Å². The van der Waals surface area contributed by atoms with Crippen molar-refractivity contribution in [2.75, 3.05) is 32.7 Å². The van der Waals surface area contributed by atoms with E-state index in [-0.39, 0.29) is 5.91 Å². The number of nitrogens with one attached hydrogen (secondary N) is 1. The molecule has 1 N–H and O–H groups in total. The van der Waals surface area contributed by atoms with Crippen LogP contribution in [-0.4, -0.2) is 63.2 Å². The summed E-state index contributed by atoms with van der Waals surface area (Å²) < 4.78 is 1.66. The Bertz CT molecular complexity index is 929. The number of piperazine rings is 1. The maximum Gasteiger partial charge on any atom is 0.253 e. The van der Waals surface area contributed by atoms with E-state index in [1.807, 2.05) is 12.3 Å². The van der Waals surface area contributed by atoms with Crippen LogP contribution in [0.1, 0.15) is 28.4 Å². The van der Waals surface area contributed by atoms with Gasteiger partial charge < -0.3 is 10.2 Å². The lowest BCUT2D eigenvalue weighted by Crippen LogP contribution is -2.45. The van der Waals surface area contributed by atoms with E-state index in [4.69, 9.17) is 0 Å². The second-order valence-electron chi connectivity index (χ2n) is 7.57. The van der Waals surface area contributed by atoms with E-state index in [1.54, 1.807) is 29.2 Å². The van der Waals surface area contributed by atoms with Crippen molar-refractivity contribution in [2.45, 2.75) is 20.0 Å². The molecule has 1 fully saturated rings. The Morgan fingerprint density at radius 1 is 1.00 bits per heavy atom. The number of aromatic nitrogens is 3. The molecule has 3 heterocycles. The number of rotatable bonds is 7. The number of benzene rings is 1. The van der Waals surface area contributed by atoms with Gasteiger partial charge in [-0.25, -0.2) is 9.67 Å². The number of carbonyl (C=O) groups is 1. The van der Waals surface area contributed by atoms with Gasteiger partial charge in [0.2, 0.25) is 0 Å². The molecule has 1 saturated heterocycles. The van der Waals surface area contributed by atoms with E-state index < -0.39 is 0 Å². The minimum absolute atomic E-state index is 0.132. The molecule has 7 heteroatoms. The SMILES string of the molecule is CCN1CCN(Cc2ccc(CNC(=O)c3ccc(-n4cccn4)nc3)cc2)CC1. The molecule has 2 aromatic heterocycles. The van der Waals surface area contributed by atoms with Crippen molar-refractivity contribution in [3.05, 3.63) is 77.7 Å². The highest BCUT2D eigenvalue weighted by molar-refractivity contribution is 5.93. The summed E-state index contributed by atoms with van der Waals surface area (Å²) in [6.45, 7) is 9.39. The van der Waals surface area contributed by atoms with Gasteiger partial charge in [0.25, 0.3) is 5.91 Å². The standard InChI is InChI=1S/C23H28N6O/c1-2-27-12-14-28(15-13-27)18-20-6-4-19(5-7-20)16-25-23(30)21-8-9-22(24-17-21)29-11-3-10-26-29/h3-11,17H,2,12-16,18H2,1H3,(H,25,30). The Morgan fingerprint density at radius 3 is 2.37 bits per heavy atom. The maximum atomic E-state index is 12.4. The predicted octanol–water partition coefficient (Wildman–Crippen LogP) is 2.33. The Labute approximate surface area is 177 Å². The average molecular weight is 405 g/mol. The van der Waals surface area contributed by atoms with Crippen LogP contribution in [0, 0.1) is 0 Å². The van der Waals surface area contributed by atoms with Gasteiger partial charge in [0, 0.05) is 57.9 Å². The highest BCUT2D eigenvalue weighted by Gasteiger charge is 2.15. The lowest BCUT2D eigenvalue weighted by Gasteiger charge is -2.34. The van der Waals surface area contributed by atoms with Crippen molar-refractivity contribution in [3.8, 4) is 5.82 Å². The molecule has 0 saturated carbocycles. The summed E-state index contributed by atoms with van der Waals surface area (Å²) in [7, 11) is 0. The third-order valence-electron chi connectivity index (χ3n) is 5.54. The number of amides is 1.